The first-order chi connectivity index (χ1) is 7.64. The Labute approximate surface area is 99.1 Å². The number of primary sulfonamides is 1. The highest BCUT2D eigenvalue weighted by Crippen LogP contribution is 2.19. The third-order valence-corrected chi connectivity index (χ3v) is 3.09. The van der Waals surface area contributed by atoms with Gasteiger partial charge in [0, 0.05) is 19.7 Å². The van der Waals surface area contributed by atoms with Crippen molar-refractivity contribution in [1.29, 1.82) is 0 Å². The molecule has 5 nitrogen and oxygen atoms in total. The van der Waals surface area contributed by atoms with E-state index in [4.69, 9.17) is 5.14 Å². The van der Waals surface area contributed by atoms with Crippen LogP contribution in [0.5, 0.6) is 0 Å². The lowest BCUT2D eigenvalue weighted by Gasteiger charge is -2.12. The molecule has 94 valence electrons. The van der Waals surface area contributed by atoms with Gasteiger partial charge >= 0.3 is 0 Å². The highest BCUT2D eigenvalue weighted by Gasteiger charge is 2.20. The molecule has 1 aromatic rings. The minimum atomic E-state index is -4.18. The van der Waals surface area contributed by atoms with E-state index in [9.17, 15) is 17.6 Å². The van der Waals surface area contributed by atoms with Gasteiger partial charge in [0.05, 0.1) is 0 Å². The second-order valence-corrected chi connectivity index (χ2v) is 5.38. The maximum absolute atomic E-state index is 13.6. The summed E-state index contributed by atoms with van der Waals surface area (Å²) in [4.78, 5) is 12.3. The Morgan fingerprint density at radius 1 is 1.35 bits per heavy atom. The molecular weight excluding hydrogens is 247 g/mol. The number of halogens is 1. The number of hydrogen-bond donors (Lipinski definition) is 1. The van der Waals surface area contributed by atoms with Crippen LogP contribution in [0.3, 0.4) is 0 Å². The highest BCUT2D eigenvalue weighted by atomic mass is 32.2. The van der Waals surface area contributed by atoms with E-state index < -0.39 is 26.6 Å². The topological polar surface area (TPSA) is 80.5 Å². The predicted octanol–water partition coefficient (Wildman–Crippen LogP) is 0.483. The Bertz CT molecular complexity index is 567. The molecule has 0 unspecified atom stereocenters. The number of hydrogen-bond acceptors (Lipinski definition) is 3. The highest BCUT2D eigenvalue weighted by molar-refractivity contribution is 7.89. The second-order valence-electron chi connectivity index (χ2n) is 3.85. The Kier molecular flexibility index (Phi) is 3.53. The van der Waals surface area contributed by atoms with Crippen molar-refractivity contribution in [3.8, 4) is 0 Å². The molecule has 0 aromatic heterocycles. The monoisotopic (exact) mass is 260 g/mol. The van der Waals surface area contributed by atoms with Gasteiger partial charge in [0.25, 0.3) is 5.91 Å². The van der Waals surface area contributed by atoms with E-state index in [-0.39, 0.29) is 11.1 Å². The van der Waals surface area contributed by atoms with Crippen LogP contribution < -0.4 is 5.14 Å². The molecule has 0 saturated carbocycles. The first-order valence-corrected chi connectivity index (χ1v) is 6.24. The van der Waals surface area contributed by atoms with Gasteiger partial charge in [-0.25, -0.2) is 17.9 Å². The summed E-state index contributed by atoms with van der Waals surface area (Å²) in [5, 5.41) is 4.88. The molecule has 2 N–H and O–H groups in total. The summed E-state index contributed by atoms with van der Waals surface area (Å²) < 4.78 is 35.9. The minimum absolute atomic E-state index is 0.0572. The average Bonchev–Trinajstić information content (AvgIpc) is 2.18. The van der Waals surface area contributed by atoms with Gasteiger partial charge in [0.2, 0.25) is 10.0 Å². The maximum Gasteiger partial charge on any atom is 0.253 e. The minimum Gasteiger partial charge on any atom is -0.345 e. The number of sulfonamides is 1. The molecular formula is C10H13FN2O3S. The van der Waals surface area contributed by atoms with Crippen molar-refractivity contribution in [1.82, 2.24) is 4.90 Å². The van der Waals surface area contributed by atoms with Gasteiger partial charge in [-0.05, 0) is 24.6 Å². The van der Waals surface area contributed by atoms with Crippen molar-refractivity contribution in [2.45, 2.75) is 11.8 Å². The number of aryl methyl sites for hydroxylation is 1. The largest absolute Gasteiger partial charge is 0.345 e. The van der Waals surface area contributed by atoms with Gasteiger partial charge in [0.15, 0.2) is 0 Å². The van der Waals surface area contributed by atoms with Gasteiger partial charge in [-0.3, -0.25) is 4.79 Å². The van der Waals surface area contributed by atoms with E-state index in [1.54, 1.807) is 0 Å². The van der Waals surface area contributed by atoms with Crippen molar-refractivity contribution in [3.63, 3.8) is 0 Å². The smallest absolute Gasteiger partial charge is 0.253 e. The quantitative estimate of drug-likeness (QED) is 0.840. The molecule has 1 rings (SSSR count). The van der Waals surface area contributed by atoms with Crippen LogP contribution in [0.15, 0.2) is 17.0 Å². The van der Waals surface area contributed by atoms with E-state index >= 15 is 0 Å². The number of rotatable bonds is 2. The van der Waals surface area contributed by atoms with Crippen LogP contribution in [0.25, 0.3) is 0 Å². The van der Waals surface area contributed by atoms with Crippen LogP contribution in [-0.4, -0.2) is 33.3 Å². The predicted molar refractivity (Wildman–Crippen MR) is 60.5 cm³/mol. The van der Waals surface area contributed by atoms with Gasteiger partial charge < -0.3 is 4.90 Å². The molecule has 0 fully saturated rings. The Balaban J connectivity index is 3.50. The molecule has 0 spiro atoms. The number of amides is 1. The first kappa shape index (κ1) is 13.6. The van der Waals surface area contributed by atoms with Crippen LogP contribution >= 0.6 is 0 Å². The fourth-order valence-corrected chi connectivity index (χ4v) is 2.03. The summed E-state index contributed by atoms with van der Waals surface area (Å²) in [6.45, 7) is 1.37. The Morgan fingerprint density at radius 3 is 2.29 bits per heavy atom. The van der Waals surface area contributed by atoms with Crippen molar-refractivity contribution in [3.05, 3.63) is 29.1 Å². The van der Waals surface area contributed by atoms with Gasteiger partial charge in [-0.1, -0.05) is 0 Å². The molecule has 1 amide bonds. The lowest BCUT2D eigenvalue weighted by Crippen LogP contribution is -2.23. The fraction of sp³-hybridized carbons (Fsp3) is 0.300. The number of carbonyl (C=O) groups is 1. The van der Waals surface area contributed by atoms with Gasteiger partial charge in [-0.2, -0.15) is 0 Å². The summed E-state index contributed by atoms with van der Waals surface area (Å²) >= 11 is 0. The van der Waals surface area contributed by atoms with E-state index in [0.717, 1.165) is 6.07 Å². The number of benzene rings is 1. The maximum atomic E-state index is 13.6. The fourth-order valence-electron chi connectivity index (χ4n) is 1.33. The molecule has 0 bridgehead atoms. The van der Waals surface area contributed by atoms with Crippen molar-refractivity contribution in [2.24, 2.45) is 5.14 Å². The summed E-state index contributed by atoms with van der Waals surface area (Å²) in [5.41, 5.74) is 0.139. The van der Waals surface area contributed by atoms with Crippen LogP contribution in [0.1, 0.15) is 15.9 Å². The second kappa shape index (κ2) is 4.42. The molecule has 0 heterocycles. The van der Waals surface area contributed by atoms with Gasteiger partial charge in [-0.15, -0.1) is 0 Å². The molecule has 0 radical (unpaired) electrons. The molecule has 0 atom stereocenters. The standard InChI is InChI=1S/C10H13FN2O3S/c1-6-4-7(10(14)13(2)3)5-8(9(6)11)17(12,15)16/h4-5H,1-3H3,(H2,12,15,16). The zero-order valence-corrected chi connectivity index (χ0v) is 10.5. The first-order valence-electron chi connectivity index (χ1n) is 4.69. The number of nitrogens with zero attached hydrogens (tertiary/aromatic N) is 1. The lowest BCUT2D eigenvalue weighted by atomic mass is 10.1. The zero-order chi connectivity index (χ0) is 13.4. The van der Waals surface area contributed by atoms with Crippen LogP contribution in [0.2, 0.25) is 0 Å². The summed E-state index contributed by atoms with van der Waals surface area (Å²) in [5.74, 6) is -1.35. The van der Waals surface area contributed by atoms with Crippen LogP contribution in [0.4, 0.5) is 4.39 Å². The molecule has 17 heavy (non-hydrogen) atoms. The molecule has 0 aliphatic heterocycles. The van der Waals surface area contributed by atoms with Crippen molar-refractivity contribution < 1.29 is 17.6 Å². The van der Waals surface area contributed by atoms with Crippen LogP contribution in [-0.2, 0) is 10.0 Å². The third-order valence-electron chi connectivity index (χ3n) is 2.18. The summed E-state index contributed by atoms with van der Waals surface area (Å²) in [7, 11) is -1.16. The summed E-state index contributed by atoms with van der Waals surface area (Å²) in [6, 6.07) is 2.23. The Morgan fingerprint density at radius 2 is 1.88 bits per heavy atom. The molecule has 1 aromatic carbocycles. The third kappa shape index (κ3) is 2.80. The molecule has 0 aliphatic carbocycles. The van der Waals surface area contributed by atoms with E-state index in [1.807, 2.05) is 0 Å². The van der Waals surface area contributed by atoms with E-state index in [0.29, 0.717) is 0 Å². The average molecular weight is 260 g/mol. The van der Waals surface area contributed by atoms with Crippen molar-refractivity contribution in [2.75, 3.05) is 14.1 Å². The SMILES string of the molecule is Cc1cc(C(=O)N(C)C)cc(S(N)(=O)=O)c1F. The van der Waals surface area contributed by atoms with Crippen LogP contribution in [0, 0.1) is 12.7 Å². The Hall–Kier alpha value is -1.47. The molecule has 0 aliphatic rings. The summed E-state index contributed by atoms with van der Waals surface area (Å²) in [6.07, 6.45) is 0. The lowest BCUT2D eigenvalue weighted by molar-refractivity contribution is 0.0827. The zero-order valence-electron chi connectivity index (χ0n) is 9.69. The van der Waals surface area contributed by atoms with Gasteiger partial charge in [0.1, 0.15) is 10.7 Å². The molecule has 0 saturated heterocycles. The van der Waals surface area contributed by atoms with E-state index in [2.05, 4.69) is 0 Å². The van der Waals surface area contributed by atoms with E-state index in [1.165, 1.54) is 32.0 Å². The number of nitrogens with two attached hydrogens (primary N) is 1. The normalized spacial score (nSPS) is 11.4. The number of carbonyl (C=O) groups excluding carboxylic acids is 1. The molecule has 7 heteroatoms. The van der Waals surface area contributed by atoms with Crippen molar-refractivity contribution >= 4 is 15.9 Å².